The molecule has 0 aromatic heterocycles. The summed E-state index contributed by atoms with van der Waals surface area (Å²) in [6.07, 6.45) is 2.77. The van der Waals surface area contributed by atoms with Gasteiger partial charge in [-0.05, 0) is 64.2 Å². The van der Waals surface area contributed by atoms with Crippen LogP contribution in [0.25, 0.3) is 0 Å². The zero-order valence-corrected chi connectivity index (χ0v) is 17.6. The average molecular weight is 409 g/mol. The molecule has 1 aliphatic heterocycles. The monoisotopic (exact) mass is 408 g/mol. The van der Waals surface area contributed by atoms with E-state index in [1.165, 1.54) is 0 Å². The van der Waals surface area contributed by atoms with Crippen LogP contribution in [0.3, 0.4) is 0 Å². The molecule has 0 bridgehead atoms. The molecule has 0 unspecified atom stereocenters. The molecule has 0 radical (unpaired) electrons. The van der Waals surface area contributed by atoms with Crippen molar-refractivity contribution in [2.45, 2.75) is 63.5 Å². The smallest absolute Gasteiger partial charge is 0.410 e. The molecular weight excluding hydrogens is 380 g/mol. The summed E-state index contributed by atoms with van der Waals surface area (Å²) in [5.74, 6) is 0. The highest BCUT2D eigenvalue weighted by Gasteiger charge is 2.41. The van der Waals surface area contributed by atoms with E-state index in [0.29, 0.717) is 24.7 Å². The van der Waals surface area contributed by atoms with Gasteiger partial charge in [0, 0.05) is 23.0 Å². The van der Waals surface area contributed by atoms with E-state index in [0.717, 1.165) is 31.2 Å². The number of halogens is 1. The number of hydrogen-bond acceptors (Lipinski definition) is 4. The summed E-state index contributed by atoms with van der Waals surface area (Å²) in [5, 5.41) is 3.63. The van der Waals surface area contributed by atoms with Crippen LogP contribution >= 0.6 is 11.6 Å². The number of carbonyl (C=O) groups is 2. The van der Waals surface area contributed by atoms with E-state index in [1.807, 2.05) is 43.9 Å². The van der Waals surface area contributed by atoms with Crippen molar-refractivity contribution in [2.75, 3.05) is 19.7 Å². The Morgan fingerprint density at radius 2 is 2.07 bits per heavy atom. The van der Waals surface area contributed by atoms with Crippen LogP contribution in [-0.2, 0) is 14.9 Å². The van der Waals surface area contributed by atoms with Crippen molar-refractivity contribution in [3.8, 4) is 0 Å². The molecule has 1 heterocycles. The molecule has 1 N–H and O–H groups in total. The first-order valence-corrected chi connectivity index (χ1v) is 10.2. The van der Waals surface area contributed by atoms with E-state index in [1.54, 1.807) is 0 Å². The van der Waals surface area contributed by atoms with E-state index in [4.69, 9.17) is 21.1 Å². The second kappa shape index (κ2) is 8.19. The van der Waals surface area contributed by atoms with E-state index >= 15 is 0 Å². The topological polar surface area (TPSA) is 67.9 Å². The van der Waals surface area contributed by atoms with Gasteiger partial charge in [0.25, 0.3) is 0 Å². The maximum absolute atomic E-state index is 12.2. The highest BCUT2D eigenvalue weighted by atomic mass is 35.5. The standard InChI is InChI=1S/C21H29ClN2O4/c1-20(2,3)28-18(25)23-14-21(15-5-4-6-16(22)13-15)9-7-17(8-10-21)24-11-12-27-19(24)26/h4-6,13,17H,7-12,14H2,1-3H3,(H,23,25)/t17-,21+. The zero-order chi connectivity index (χ0) is 20.4. The van der Waals surface area contributed by atoms with Crippen molar-refractivity contribution >= 4 is 23.8 Å². The molecule has 1 aromatic carbocycles. The number of carbonyl (C=O) groups excluding carboxylic acids is 2. The maximum Gasteiger partial charge on any atom is 0.410 e. The number of alkyl carbamates (subject to hydrolysis) is 1. The predicted molar refractivity (Wildman–Crippen MR) is 108 cm³/mol. The average Bonchev–Trinajstić information content (AvgIpc) is 3.05. The summed E-state index contributed by atoms with van der Waals surface area (Å²) in [5.41, 5.74) is 0.335. The Labute approximate surface area is 171 Å². The summed E-state index contributed by atoms with van der Waals surface area (Å²) in [6.45, 7) is 7.14. The van der Waals surface area contributed by atoms with Gasteiger partial charge in [-0.3, -0.25) is 0 Å². The fourth-order valence-corrected chi connectivity index (χ4v) is 4.34. The Morgan fingerprint density at radius 3 is 2.64 bits per heavy atom. The van der Waals surface area contributed by atoms with Crippen molar-refractivity contribution in [3.63, 3.8) is 0 Å². The molecule has 1 saturated carbocycles. The Balaban J connectivity index is 1.73. The van der Waals surface area contributed by atoms with Gasteiger partial charge in [0.1, 0.15) is 12.2 Å². The third-order valence-electron chi connectivity index (χ3n) is 5.55. The minimum atomic E-state index is -0.541. The van der Waals surface area contributed by atoms with Crippen molar-refractivity contribution in [1.82, 2.24) is 10.2 Å². The van der Waals surface area contributed by atoms with Gasteiger partial charge < -0.3 is 19.7 Å². The number of benzene rings is 1. The van der Waals surface area contributed by atoms with Crippen LogP contribution in [0.5, 0.6) is 0 Å². The molecule has 7 heteroatoms. The summed E-state index contributed by atoms with van der Waals surface area (Å²) in [7, 11) is 0. The lowest BCUT2D eigenvalue weighted by Gasteiger charge is -2.42. The maximum atomic E-state index is 12.2. The first-order valence-electron chi connectivity index (χ1n) is 9.85. The van der Waals surface area contributed by atoms with Crippen LogP contribution in [-0.4, -0.2) is 48.4 Å². The Kier molecular flexibility index (Phi) is 6.08. The SMILES string of the molecule is CC(C)(C)OC(=O)NC[C@]1(c2cccc(Cl)c2)CC[C@@H](N2CCOC2=O)CC1. The fraction of sp³-hybridized carbons (Fsp3) is 0.619. The number of rotatable bonds is 4. The molecule has 2 amide bonds. The molecule has 1 aromatic rings. The van der Waals surface area contributed by atoms with Crippen LogP contribution in [0.2, 0.25) is 5.02 Å². The van der Waals surface area contributed by atoms with E-state index in [9.17, 15) is 9.59 Å². The van der Waals surface area contributed by atoms with Gasteiger partial charge in [0.05, 0.1) is 6.54 Å². The second-order valence-corrected chi connectivity index (χ2v) is 9.12. The molecule has 2 aliphatic rings. The number of nitrogens with one attached hydrogen (secondary N) is 1. The van der Waals surface area contributed by atoms with Gasteiger partial charge in [0.15, 0.2) is 0 Å². The molecular formula is C21H29ClN2O4. The molecule has 3 rings (SSSR count). The minimum Gasteiger partial charge on any atom is -0.448 e. The van der Waals surface area contributed by atoms with Crippen molar-refractivity contribution in [1.29, 1.82) is 0 Å². The zero-order valence-electron chi connectivity index (χ0n) is 16.8. The molecule has 0 spiro atoms. The normalized spacial score (nSPS) is 25.4. The van der Waals surface area contributed by atoms with E-state index in [2.05, 4.69) is 11.4 Å². The van der Waals surface area contributed by atoms with Crippen molar-refractivity contribution in [3.05, 3.63) is 34.9 Å². The molecule has 1 saturated heterocycles. The van der Waals surface area contributed by atoms with Crippen LogP contribution < -0.4 is 5.32 Å². The highest BCUT2D eigenvalue weighted by Crippen LogP contribution is 2.41. The van der Waals surface area contributed by atoms with Crippen LogP contribution in [0.15, 0.2) is 24.3 Å². The lowest BCUT2D eigenvalue weighted by Crippen LogP contribution is -2.48. The van der Waals surface area contributed by atoms with Gasteiger partial charge in [-0.15, -0.1) is 0 Å². The first kappa shape index (κ1) is 20.8. The predicted octanol–water partition coefficient (Wildman–Crippen LogP) is 4.50. The molecule has 28 heavy (non-hydrogen) atoms. The van der Waals surface area contributed by atoms with E-state index < -0.39 is 11.7 Å². The Bertz CT molecular complexity index is 723. The minimum absolute atomic E-state index is 0.184. The third-order valence-corrected chi connectivity index (χ3v) is 5.79. The van der Waals surface area contributed by atoms with Gasteiger partial charge in [-0.25, -0.2) is 9.59 Å². The van der Waals surface area contributed by atoms with Gasteiger partial charge in [-0.1, -0.05) is 23.7 Å². The highest BCUT2D eigenvalue weighted by molar-refractivity contribution is 6.30. The summed E-state index contributed by atoms with van der Waals surface area (Å²) in [6, 6.07) is 8.02. The number of amides is 2. The molecule has 1 aliphatic carbocycles. The van der Waals surface area contributed by atoms with Crippen molar-refractivity contribution < 1.29 is 19.1 Å². The quantitative estimate of drug-likeness (QED) is 0.796. The van der Waals surface area contributed by atoms with Crippen LogP contribution in [0.4, 0.5) is 9.59 Å². The van der Waals surface area contributed by atoms with Gasteiger partial charge in [-0.2, -0.15) is 0 Å². The second-order valence-electron chi connectivity index (χ2n) is 8.69. The fourth-order valence-electron chi connectivity index (χ4n) is 4.15. The molecule has 154 valence electrons. The van der Waals surface area contributed by atoms with E-state index in [-0.39, 0.29) is 17.6 Å². The molecule has 6 nitrogen and oxygen atoms in total. The largest absolute Gasteiger partial charge is 0.448 e. The summed E-state index contributed by atoms with van der Waals surface area (Å²) < 4.78 is 10.5. The number of hydrogen-bond donors (Lipinski definition) is 1. The summed E-state index contributed by atoms with van der Waals surface area (Å²) >= 11 is 6.25. The lowest BCUT2D eigenvalue weighted by atomic mass is 9.68. The number of ether oxygens (including phenoxy) is 2. The van der Waals surface area contributed by atoms with Gasteiger partial charge >= 0.3 is 12.2 Å². The molecule has 0 atom stereocenters. The molecule has 2 fully saturated rings. The van der Waals surface area contributed by atoms with Crippen LogP contribution in [0, 0.1) is 0 Å². The number of nitrogens with zero attached hydrogens (tertiary/aromatic N) is 1. The summed E-state index contributed by atoms with van der Waals surface area (Å²) in [4.78, 5) is 26.0. The van der Waals surface area contributed by atoms with Crippen molar-refractivity contribution in [2.24, 2.45) is 0 Å². The third kappa shape index (κ3) is 4.90. The lowest BCUT2D eigenvalue weighted by molar-refractivity contribution is 0.0502. The van der Waals surface area contributed by atoms with Crippen LogP contribution in [0.1, 0.15) is 52.0 Å². The van der Waals surface area contributed by atoms with Gasteiger partial charge in [0.2, 0.25) is 0 Å². The number of cyclic esters (lactones) is 1. The first-order chi connectivity index (χ1) is 13.2. The Morgan fingerprint density at radius 1 is 1.36 bits per heavy atom. The Hall–Kier alpha value is -1.95.